The molecule has 2 N–H and O–H groups in total. The van der Waals surface area contributed by atoms with E-state index in [9.17, 15) is 4.79 Å². The molecule has 1 aliphatic rings. The number of carbonyl (C=O) groups excluding carboxylic acids is 1. The first-order chi connectivity index (χ1) is 6.79. The van der Waals surface area contributed by atoms with Crippen LogP contribution in [0.25, 0.3) is 0 Å². The molecule has 1 rings (SSSR count). The number of nitrogens with zero attached hydrogens (tertiary/aromatic N) is 1. The van der Waals surface area contributed by atoms with E-state index in [0.717, 1.165) is 12.8 Å². The van der Waals surface area contributed by atoms with Gasteiger partial charge in [-0.15, -0.1) is 6.58 Å². The molecule has 0 atom stereocenters. The van der Waals surface area contributed by atoms with Gasteiger partial charge in [-0.05, 0) is 12.8 Å². The molecule has 0 aliphatic heterocycles. The van der Waals surface area contributed by atoms with Gasteiger partial charge in [-0.2, -0.15) is 0 Å². The van der Waals surface area contributed by atoms with E-state index >= 15 is 0 Å². The molecule has 0 spiro atoms. The van der Waals surface area contributed by atoms with Gasteiger partial charge in [-0.1, -0.05) is 6.08 Å². The summed E-state index contributed by atoms with van der Waals surface area (Å²) >= 11 is 0. The fraction of sp³-hybridized carbons (Fsp3) is 0.700. The third-order valence-corrected chi connectivity index (χ3v) is 2.12. The van der Waals surface area contributed by atoms with Gasteiger partial charge in [-0.3, -0.25) is 4.79 Å². The van der Waals surface area contributed by atoms with Gasteiger partial charge in [0.25, 0.3) is 0 Å². The van der Waals surface area contributed by atoms with E-state index in [1.54, 1.807) is 6.08 Å². The van der Waals surface area contributed by atoms with Crippen molar-refractivity contribution in [3.8, 4) is 0 Å². The van der Waals surface area contributed by atoms with E-state index in [0.29, 0.717) is 25.7 Å². The minimum atomic E-state index is 0.0425. The maximum atomic E-state index is 11.6. The number of carbonyl (C=O) groups is 1. The molecule has 80 valence electrons. The standard InChI is InChI=1S/C10H18N2O2/c1-2-6-12(9-3-4-9)10(13)8-14-7-5-11/h2,9H,1,3-8,11H2. The van der Waals surface area contributed by atoms with E-state index in [2.05, 4.69) is 6.58 Å². The highest BCUT2D eigenvalue weighted by atomic mass is 16.5. The predicted molar refractivity (Wildman–Crippen MR) is 54.8 cm³/mol. The van der Waals surface area contributed by atoms with Gasteiger partial charge in [0.2, 0.25) is 5.91 Å². The van der Waals surface area contributed by atoms with Crippen LogP contribution in [0.15, 0.2) is 12.7 Å². The summed E-state index contributed by atoms with van der Waals surface area (Å²) in [5.41, 5.74) is 5.26. The van der Waals surface area contributed by atoms with Crippen LogP contribution >= 0.6 is 0 Å². The normalized spacial score (nSPS) is 15.2. The number of ether oxygens (including phenoxy) is 1. The molecule has 14 heavy (non-hydrogen) atoms. The summed E-state index contributed by atoms with van der Waals surface area (Å²) in [5.74, 6) is 0.0425. The largest absolute Gasteiger partial charge is 0.370 e. The highest BCUT2D eigenvalue weighted by molar-refractivity contribution is 5.78. The molecule has 0 radical (unpaired) electrons. The fourth-order valence-corrected chi connectivity index (χ4v) is 1.31. The van der Waals surface area contributed by atoms with Crippen LogP contribution in [0.4, 0.5) is 0 Å². The second-order valence-corrected chi connectivity index (χ2v) is 3.41. The molecule has 0 aromatic carbocycles. The minimum Gasteiger partial charge on any atom is -0.370 e. The van der Waals surface area contributed by atoms with E-state index in [-0.39, 0.29) is 12.5 Å². The molecule has 0 aromatic rings. The molecule has 0 aromatic heterocycles. The number of hydrogen-bond acceptors (Lipinski definition) is 3. The first-order valence-electron chi connectivity index (χ1n) is 4.97. The minimum absolute atomic E-state index is 0.0425. The zero-order valence-corrected chi connectivity index (χ0v) is 8.45. The molecular weight excluding hydrogens is 180 g/mol. The number of nitrogens with two attached hydrogens (primary N) is 1. The van der Waals surface area contributed by atoms with E-state index in [1.165, 1.54) is 0 Å². The number of amides is 1. The quantitative estimate of drug-likeness (QED) is 0.467. The smallest absolute Gasteiger partial charge is 0.249 e. The van der Waals surface area contributed by atoms with Gasteiger partial charge < -0.3 is 15.4 Å². The van der Waals surface area contributed by atoms with Gasteiger partial charge in [0.05, 0.1) is 6.61 Å². The summed E-state index contributed by atoms with van der Waals surface area (Å²) in [5, 5.41) is 0. The van der Waals surface area contributed by atoms with Gasteiger partial charge in [0.15, 0.2) is 0 Å². The summed E-state index contributed by atoms with van der Waals surface area (Å²) < 4.78 is 5.10. The Balaban J connectivity index is 2.26. The molecule has 1 aliphatic carbocycles. The second kappa shape index (κ2) is 5.78. The van der Waals surface area contributed by atoms with Crippen molar-refractivity contribution in [2.45, 2.75) is 18.9 Å². The van der Waals surface area contributed by atoms with Crippen molar-refractivity contribution in [3.63, 3.8) is 0 Å². The molecular formula is C10H18N2O2. The monoisotopic (exact) mass is 198 g/mol. The van der Waals surface area contributed by atoms with Crippen LogP contribution in [0.5, 0.6) is 0 Å². The fourth-order valence-electron chi connectivity index (χ4n) is 1.31. The molecule has 4 nitrogen and oxygen atoms in total. The Bertz CT molecular complexity index is 202. The number of rotatable bonds is 7. The van der Waals surface area contributed by atoms with Crippen LogP contribution in [0, 0.1) is 0 Å². The Morgan fingerprint density at radius 2 is 2.36 bits per heavy atom. The SMILES string of the molecule is C=CCN(C(=O)COCCN)C1CC1. The Hall–Kier alpha value is -0.870. The van der Waals surface area contributed by atoms with Crippen LogP contribution in [-0.4, -0.2) is 43.2 Å². The Labute approximate surface area is 84.7 Å². The highest BCUT2D eigenvalue weighted by Crippen LogP contribution is 2.26. The molecule has 0 saturated heterocycles. The molecule has 4 heteroatoms. The molecule has 1 amide bonds. The van der Waals surface area contributed by atoms with E-state index in [4.69, 9.17) is 10.5 Å². The zero-order valence-electron chi connectivity index (χ0n) is 8.45. The summed E-state index contributed by atoms with van der Waals surface area (Å²) in [6, 6.07) is 0.418. The maximum absolute atomic E-state index is 11.6. The van der Waals surface area contributed by atoms with E-state index < -0.39 is 0 Å². The zero-order chi connectivity index (χ0) is 10.4. The lowest BCUT2D eigenvalue weighted by Gasteiger charge is -2.20. The van der Waals surface area contributed by atoms with Crippen LogP contribution in [0.2, 0.25) is 0 Å². The van der Waals surface area contributed by atoms with Crippen molar-refractivity contribution >= 4 is 5.91 Å². The Kier molecular flexibility index (Phi) is 4.62. The maximum Gasteiger partial charge on any atom is 0.249 e. The molecule has 1 fully saturated rings. The van der Waals surface area contributed by atoms with Crippen molar-refractivity contribution < 1.29 is 9.53 Å². The van der Waals surface area contributed by atoms with Crippen molar-refractivity contribution in [3.05, 3.63) is 12.7 Å². The second-order valence-electron chi connectivity index (χ2n) is 3.41. The molecule has 0 heterocycles. The van der Waals surface area contributed by atoms with Crippen LogP contribution in [0.3, 0.4) is 0 Å². The van der Waals surface area contributed by atoms with E-state index in [1.807, 2.05) is 4.90 Å². The summed E-state index contributed by atoms with van der Waals surface area (Å²) in [6.07, 6.45) is 3.96. The molecule has 0 unspecified atom stereocenters. The first-order valence-corrected chi connectivity index (χ1v) is 4.97. The Morgan fingerprint density at radius 1 is 1.64 bits per heavy atom. The summed E-state index contributed by atoms with van der Waals surface area (Å²) in [4.78, 5) is 13.4. The lowest BCUT2D eigenvalue weighted by atomic mass is 10.4. The summed E-state index contributed by atoms with van der Waals surface area (Å²) in [7, 11) is 0. The van der Waals surface area contributed by atoms with Crippen LogP contribution < -0.4 is 5.73 Å². The highest BCUT2D eigenvalue weighted by Gasteiger charge is 2.31. The van der Waals surface area contributed by atoms with Crippen molar-refractivity contribution in [2.75, 3.05) is 26.3 Å². The lowest BCUT2D eigenvalue weighted by molar-refractivity contribution is -0.136. The topological polar surface area (TPSA) is 55.6 Å². The summed E-state index contributed by atoms with van der Waals surface area (Å²) in [6.45, 7) is 5.30. The molecule has 1 saturated carbocycles. The lowest BCUT2D eigenvalue weighted by Crippen LogP contribution is -2.36. The van der Waals surface area contributed by atoms with Gasteiger partial charge in [0.1, 0.15) is 6.61 Å². The average Bonchev–Trinajstić information content (AvgIpc) is 2.98. The van der Waals surface area contributed by atoms with Gasteiger partial charge in [-0.25, -0.2) is 0 Å². The average molecular weight is 198 g/mol. The van der Waals surface area contributed by atoms with Crippen molar-refractivity contribution in [1.82, 2.24) is 4.90 Å². The van der Waals surface area contributed by atoms with Crippen LogP contribution in [-0.2, 0) is 9.53 Å². The third kappa shape index (κ3) is 3.47. The molecule has 0 bridgehead atoms. The first kappa shape index (κ1) is 11.2. The van der Waals surface area contributed by atoms with Crippen molar-refractivity contribution in [1.29, 1.82) is 0 Å². The van der Waals surface area contributed by atoms with Crippen LogP contribution in [0.1, 0.15) is 12.8 Å². The van der Waals surface area contributed by atoms with Gasteiger partial charge in [0, 0.05) is 19.1 Å². The van der Waals surface area contributed by atoms with Gasteiger partial charge >= 0.3 is 0 Å². The van der Waals surface area contributed by atoms with Crippen molar-refractivity contribution in [2.24, 2.45) is 5.73 Å². The predicted octanol–water partition coefficient (Wildman–Crippen LogP) is 0.139. The number of hydrogen-bond donors (Lipinski definition) is 1. The Morgan fingerprint density at radius 3 is 2.86 bits per heavy atom. The third-order valence-electron chi connectivity index (χ3n) is 2.12.